The van der Waals surface area contributed by atoms with Gasteiger partial charge in [0.25, 0.3) is 0 Å². The zero-order valence-electron chi connectivity index (χ0n) is 7.08. The van der Waals surface area contributed by atoms with Gasteiger partial charge in [0.15, 0.2) is 0 Å². The quantitative estimate of drug-likeness (QED) is 0.708. The van der Waals surface area contributed by atoms with Crippen LogP contribution in [0.5, 0.6) is 0 Å². The minimum atomic E-state index is -0.468. The van der Waals surface area contributed by atoms with Gasteiger partial charge in [-0.2, -0.15) is 0 Å². The summed E-state index contributed by atoms with van der Waals surface area (Å²) in [4.78, 5) is 1.02. The summed E-state index contributed by atoms with van der Waals surface area (Å²) < 4.78 is 0. The molecular weight excluding hydrogens is 168 g/mol. The van der Waals surface area contributed by atoms with E-state index in [9.17, 15) is 5.11 Å². The van der Waals surface area contributed by atoms with Crippen LogP contribution in [0.1, 0.15) is 29.9 Å². The Kier molecular flexibility index (Phi) is 3.33. The summed E-state index contributed by atoms with van der Waals surface area (Å²) >= 11 is 1.58. The Morgan fingerprint density at radius 2 is 2.50 bits per heavy atom. The van der Waals surface area contributed by atoms with Crippen LogP contribution >= 0.6 is 11.3 Å². The predicted molar refractivity (Wildman–Crippen MR) is 52.1 cm³/mol. The Morgan fingerprint density at radius 1 is 1.75 bits per heavy atom. The fourth-order valence-corrected chi connectivity index (χ4v) is 2.12. The highest BCUT2D eigenvalue weighted by Crippen LogP contribution is 2.26. The third-order valence-corrected chi connectivity index (χ3v) is 2.84. The molecule has 0 fully saturated rings. The van der Waals surface area contributed by atoms with E-state index in [1.54, 1.807) is 11.3 Å². The molecule has 0 radical (unpaired) electrons. The summed E-state index contributed by atoms with van der Waals surface area (Å²) in [7, 11) is 0. The largest absolute Gasteiger partial charge is 0.387 e. The van der Waals surface area contributed by atoms with E-state index in [1.165, 1.54) is 5.56 Å². The van der Waals surface area contributed by atoms with Gasteiger partial charge in [0.1, 0.15) is 0 Å². The summed E-state index contributed by atoms with van der Waals surface area (Å²) in [6.45, 7) is 2.08. The van der Waals surface area contributed by atoms with Crippen molar-refractivity contribution in [2.24, 2.45) is 0 Å². The molecule has 1 unspecified atom stereocenters. The van der Waals surface area contributed by atoms with Gasteiger partial charge in [0.05, 0.1) is 6.10 Å². The third kappa shape index (κ3) is 1.88. The van der Waals surface area contributed by atoms with Crippen LogP contribution in [0.3, 0.4) is 0 Å². The van der Waals surface area contributed by atoms with Gasteiger partial charge in [-0.25, -0.2) is 0 Å². The van der Waals surface area contributed by atoms with Crippen LogP contribution in [0, 0.1) is 12.3 Å². The second kappa shape index (κ2) is 4.30. The molecule has 1 rings (SSSR count). The zero-order chi connectivity index (χ0) is 8.97. The Labute approximate surface area is 77.1 Å². The van der Waals surface area contributed by atoms with Gasteiger partial charge in [0, 0.05) is 11.3 Å². The normalized spacial score (nSPS) is 12.4. The molecule has 0 saturated carbocycles. The van der Waals surface area contributed by atoms with Crippen LogP contribution in [0.25, 0.3) is 0 Å². The molecule has 1 N–H and O–H groups in total. The lowest BCUT2D eigenvalue weighted by molar-refractivity contribution is 0.187. The summed E-state index contributed by atoms with van der Waals surface area (Å²) in [5, 5.41) is 11.6. The molecule has 0 aliphatic carbocycles. The maximum absolute atomic E-state index is 9.59. The molecule has 0 spiro atoms. The first-order valence-electron chi connectivity index (χ1n) is 3.97. The minimum Gasteiger partial charge on any atom is -0.387 e. The van der Waals surface area contributed by atoms with Gasteiger partial charge < -0.3 is 5.11 Å². The van der Waals surface area contributed by atoms with Gasteiger partial charge in [-0.15, -0.1) is 23.7 Å². The van der Waals surface area contributed by atoms with E-state index in [0.717, 1.165) is 11.3 Å². The van der Waals surface area contributed by atoms with E-state index >= 15 is 0 Å². The molecule has 1 aromatic heterocycles. The van der Waals surface area contributed by atoms with Gasteiger partial charge in [-0.3, -0.25) is 0 Å². The number of hydrogen-bond donors (Lipinski definition) is 1. The number of aliphatic hydroxyl groups excluding tert-OH is 1. The number of aryl methyl sites for hydroxylation is 1. The van der Waals surface area contributed by atoms with E-state index in [-0.39, 0.29) is 0 Å². The zero-order valence-corrected chi connectivity index (χ0v) is 7.90. The van der Waals surface area contributed by atoms with Crippen molar-refractivity contribution < 1.29 is 5.11 Å². The van der Waals surface area contributed by atoms with Crippen LogP contribution in [0.4, 0.5) is 0 Å². The molecule has 2 heteroatoms. The molecular formula is C10H12OS. The maximum Gasteiger partial charge on any atom is 0.0993 e. The van der Waals surface area contributed by atoms with E-state index in [2.05, 4.69) is 12.8 Å². The van der Waals surface area contributed by atoms with Gasteiger partial charge >= 0.3 is 0 Å². The van der Waals surface area contributed by atoms with E-state index in [1.807, 2.05) is 11.4 Å². The fraction of sp³-hybridized carbons (Fsp3) is 0.400. The average Bonchev–Trinajstić information content (AvgIpc) is 2.51. The molecule has 0 bridgehead atoms. The molecule has 0 amide bonds. The average molecular weight is 180 g/mol. The van der Waals surface area contributed by atoms with Crippen molar-refractivity contribution in [2.45, 2.75) is 25.9 Å². The Bertz CT molecular complexity index is 282. The molecule has 0 saturated heterocycles. The monoisotopic (exact) mass is 180 g/mol. The summed E-state index contributed by atoms with van der Waals surface area (Å²) in [6, 6.07) is 2.04. The van der Waals surface area contributed by atoms with Crippen molar-refractivity contribution in [3.63, 3.8) is 0 Å². The Morgan fingerprint density at radius 3 is 3.08 bits per heavy atom. The Balaban J connectivity index is 2.80. The first-order valence-corrected chi connectivity index (χ1v) is 4.85. The second-order valence-corrected chi connectivity index (χ2v) is 3.54. The standard InChI is InChI=1S/C10H12OS/c1-3-5-9(11)10-8(4-2)6-7-12-10/h1,6-7,9,11H,4-5H2,2H3. The number of aliphatic hydroxyl groups is 1. The molecule has 12 heavy (non-hydrogen) atoms. The van der Waals surface area contributed by atoms with Crippen molar-refractivity contribution in [3.8, 4) is 12.3 Å². The molecule has 0 aliphatic rings. The molecule has 1 heterocycles. The lowest BCUT2D eigenvalue weighted by atomic mass is 10.1. The first kappa shape index (κ1) is 9.31. The molecule has 1 atom stereocenters. The van der Waals surface area contributed by atoms with Gasteiger partial charge in [-0.1, -0.05) is 6.92 Å². The molecule has 64 valence electrons. The van der Waals surface area contributed by atoms with Crippen LogP contribution in [0.2, 0.25) is 0 Å². The van der Waals surface area contributed by atoms with Crippen LogP contribution in [-0.4, -0.2) is 5.11 Å². The fourth-order valence-electron chi connectivity index (χ4n) is 1.14. The van der Waals surface area contributed by atoms with E-state index in [0.29, 0.717) is 6.42 Å². The molecule has 1 nitrogen and oxygen atoms in total. The van der Waals surface area contributed by atoms with Crippen molar-refractivity contribution in [1.82, 2.24) is 0 Å². The maximum atomic E-state index is 9.59. The van der Waals surface area contributed by atoms with Crippen molar-refractivity contribution in [3.05, 3.63) is 21.9 Å². The lowest BCUT2D eigenvalue weighted by Crippen LogP contribution is -1.95. The van der Waals surface area contributed by atoms with Crippen LogP contribution < -0.4 is 0 Å². The topological polar surface area (TPSA) is 20.2 Å². The molecule has 1 aromatic rings. The number of thiophene rings is 1. The minimum absolute atomic E-state index is 0.410. The smallest absolute Gasteiger partial charge is 0.0993 e. The highest BCUT2D eigenvalue weighted by molar-refractivity contribution is 7.10. The molecule has 0 aromatic carbocycles. The van der Waals surface area contributed by atoms with Crippen molar-refractivity contribution in [1.29, 1.82) is 0 Å². The van der Waals surface area contributed by atoms with Crippen LogP contribution in [-0.2, 0) is 6.42 Å². The number of rotatable bonds is 3. The SMILES string of the molecule is C#CCC(O)c1sccc1CC. The highest BCUT2D eigenvalue weighted by atomic mass is 32.1. The summed E-state index contributed by atoms with van der Waals surface area (Å²) in [6.07, 6.45) is 6.02. The highest BCUT2D eigenvalue weighted by Gasteiger charge is 2.11. The third-order valence-electron chi connectivity index (χ3n) is 1.78. The van der Waals surface area contributed by atoms with E-state index < -0.39 is 6.10 Å². The number of terminal acetylenes is 1. The second-order valence-electron chi connectivity index (χ2n) is 2.59. The van der Waals surface area contributed by atoms with Gasteiger partial charge in [0.2, 0.25) is 0 Å². The van der Waals surface area contributed by atoms with Crippen LogP contribution in [0.15, 0.2) is 11.4 Å². The molecule has 0 aliphatic heterocycles. The Hall–Kier alpha value is -0.780. The predicted octanol–water partition coefficient (Wildman–Crippen LogP) is 2.37. The summed E-state index contributed by atoms with van der Waals surface area (Å²) in [5.41, 5.74) is 1.21. The lowest BCUT2D eigenvalue weighted by Gasteiger charge is -2.06. The van der Waals surface area contributed by atoms with Crippen molar-refractivity contribution >= 4 is 11.3 Å². The summed E-state index contributed by atoms with van der Waals surface area (Å²) in [5.74, 6) is 2.46. The number of hydrogen-bond acceptors (Lipinski definition) is 2. The first-order chi connectivity index (χ1) is 5.79. The van der Waals surface area contributed by atoms with E-state index in [4.69, 9.17) is 6.42 Å². The van der Waals surface area contributed by atoms with Gasteiger partial charge in [-0.05, 0) is 23.4 Å². The van der Waals surface area contributed by atoms with Crippen molar-refractivity contribution in [2.75, 3.05) is 0 Å².